The van der Waals surface area contributed by atoms with Gasteiger partial charge in [-0.05, 0) is 19.9 Å². The van der Waals surface area contributed by atoms with Crippen LogP contribution in [0.2, 0.25) is 0 Å². The smallest absolute Gasteiger partial charge is 0.252 e. The maximum atomic E-state index is 12.3. The highest BCUT2D eigenvalue weighted by Crippen LogP contribution is 2.26. The van der Waals surface area contributed by atoms with Gasteiger partial charge in [0.2, 0.25) is 0 Å². The minimum atomic E-state index is -0.121. The van der Waals surface area contributed by atoms with Crippen molar-refractivity contribution in [2.45, 2.75) is 13.8 Å². The molecule has 1 amide bonds. The predicted molar refractivity (Wildman–Crippen MR) is 88.8 cm³/mol. The van der Waals surface area contributed by atoms with Crippen LogP contribution in [0.3, 0.4) is 0 Å². The van der Waals surface area contributed by atoms with Gasteiger partial charge < -0.3 is 14.6 Å². The number of hydrogen-bond acceptors (Lipinski definition) is 6. The van der Waals surface area contributed by atoms with Gasteiger partial charge in [0.25, 0.3) is 5.91 Å². The first-order valence-corrected chi connectivity index (χ1v) is 8.12. The van der Waals surface area contributed by atoms with Crippen LogP contribution in [0.15, 0.2) is 23.0 Å². The van der Waals surface area contributed by atoms with Gasteiger partial charge in [0.1, 0.15) is 5.76 Å². The molecule has 3 rings (SSSR count). The normalized spacial score (nSPS) is 15.4. The summed E-state index contributed by atoms with van der Waals surface area (Å²) >= 11 is 0. The fourth-order valence-electron chi connectivity index (χ4n) is 2.85. The summed E-state index contributed by atoms with van der Waals surface area (Å²) in [6, 6.07) is 1.82. The van der Waals surface area contributed by atoms with Gasteiger partial charge in [-0.25, -0.2) is 0 Å². The lowest BCUT2D eigenvalue weighted by atomic mass is 10.0. The van der Waals surface area contributed by atoms with Gasteiger partial charge in [0, 0.05) is 49.7 Å². The Morgan fingerprint density at radius 2 is 2.08 bits per heavy atom. The third kappa shape index (κ3) is 3.80. The minimum Gasteiger partial charge on any atom is -0.379 e. The van der Waals surface area contributed by atoms with E-state index < -0.39 is 0 Å². The SMILES string of the molecule is Cc1noc(C)c1-c1cncc(C(=O)NCCN2CCOCC2)c1. The topological polar surface area (TPSA) is 80.5 Å². The number of amides is 1. The first-order valence-electron chi connectivity index (χ1n) is 8.12. The maximum absolute atomic E-state index is 12.3. The highest BCUT2D eigenvalue weighted by Gasteiger charge is 2.15. The van der Waals surface area contributed by atoms with Gasteiger partial charge in [-0.2, -0.15) is 0 Å². The van der Waals surface area contributed by atoms with E-state index in [0.717, 1.165) is 55.4 Å². The zero-order chi connectivity index (χ0) is 16.9. The summed E-state index contributed by atoms with van der Waals surface area (Å²) in [6.45, 7) is 8.51. The van der Waals surface area contributed by atoms with Crippen molar-refractivity contribution in [1.29, 1.82) is 0 Å². The molecule has 1 N–H and O–H groups in total. The van der Waals surface area contributed by atoms with Gasteiger partial charge >= 0.3 is 0 Å². The first kappa shape index (κ1) is 16.6. The number of hydrogen-bond donors (Lipinski definition) is 1. The average Bonchev–Trinajstić information content (AvgIpc) is 2.94. The Bertz CT molecular complexity index is 688. The van der Waals surface area contributed by atoms with Crippen molar-refractivity contribution in [2.75, 3.05) is 39.4 Å². The highest BCUT2D eigenvalue weighted by molar-refractivity contribution is 5.95. The van der Waals surface area contributed by atoms with E-state index in [1.54, 1.807) is 12.4 Å². The number of aromatic nitrogens is 2. The molecule has 0 aromatic carbocycles. The third-order valence-electron chi connectivity index (χ3n) is 4.14. The van der Waals surface area contributed by atoms with Crippen LogP contribution in [0.25, 0.3) is 11.1 Å². The van der Waals surface area contributed by atoms with Crippen molar-refractivity contribution in [2.24, 2.45) is 0 Å². The number of nitrogens with zero attached hydrogens (tertiary/aromatic N) is 3. The number of carbonyl (C=O) groups excluding carboxylic acids is 1. The van der Waals surface area contributed by atoms with Crippen molar-refractivity contribution in [3.8, 4) is 11.1 Å². The third-order valence-corrected chi connectivity index (χ3v) is 4.14. The molecule has 0 bridgehead atoms. The molecule has 0 spiro atoms. The lowest BCUT2D eigenvalue weighted by Gasteiger charge is -2.26. The maximum Gasteiger partial charge on any atom is 0.252 e. The quantitative estimate of drug-likeness (QED) is 0.893. The van der Waals surface area contributed by atoms with Crippen LogP contribution >= 0.6 is 0 Å². The summed E-state index contributed by atoms with van der Waals surface area (Å²) in [5.41, 5.74) is 3.06. The summed E-state index contributed by atoms with van der Waals surface area (Å²) in [6.07, 6.45) is 3.29. The largest absolute Gasteiger partial charge is 0.379 e. The Balaban J connectivity index is 1.62. The second-order valence-electron chi connectivity index (χ2n) is 5.87. The molecule has 128 valence electrons. The lowest BCUT2D eigenvalue weighted by Crippen LogP contribution is -2.41. The molecule has 0 atom stereocenters. The molecule has 2 aromatic rings. The van der Waals surface area contributed by atoms with E-state index >= 15 is 0 Å². The van der Waals surface area contributed by atoms with Crippen molar-refractivity contribution in [1.82, 2.24) is 20.4 Å². The number of pyridine rings is 1. The van der Waals surface area contributed by atoms with Crippen molar-refractivity contribution < 1.29 is 14.1 Å². The van der Waals surface area contributed by atoms with E-state index in [9.17, 15) is 4.79 Å². The fraction of sp³-hybridized carbons (Fsp3) is 0.471. The molecule has 7 heteroatoms. The minimum absolute atomic E-state index is 0.121. The van der Waals surface area contributed by atoms with Crippen LogP contribution in [0.5, 0.6) is 0 Å². The molecule has 1 aliphatic heterocycles. The zero-order valence-corrected chi connectivity index (χ0v) is 14.0. The molecule has 0 saturated carbocycles. The van der Waals surface area contributed by atoms with E-state index in [-0.39, 0.29) is 5.91 Å². The predicted octanol–water partition coefficient (Wildman–Crippen LogP) is 1.42. The Morgan fingerprint density at radius 1 is 1.29 bits per heavy atom. The molecular weight excluding hydrogens is 308 g/mol. The van der Waals surface area contributed by atoms with Crippen LogP contribution < -0.4 is 5.32 Å². The van der Waals surface area contributed by atoms with Crippen molar-refractivity contribution >= 4 is 5.91 Å². The number of ether oxygens (including phenoxy) is 1. The summed E-state index contributed by atoms with van der Waals surface area (Å²) < 4.78 is 10.5. The van der Waals surface area contributed by atoms with Crippen LogP contribution in [-0.4, -0.2) is 60.3 Å². The van der Waals surface area contributed by atoms with E-state index in [2.05, 4.69) is 20.4 Å². The number of carbonyl (C=O) groups is 1. The monoisotopic (exact) mass is 330 g/mol. The second-order valence-corrected chi connectivity index (χ2v) is 5.87. The van der Waals surface area contributed by atoms with Gasteiger partial charge in [-0.15, -0.1) is 0 Å². The van der Waals surface area contributed by atoms with E-state index in [1.165, 1.54) is 0 Å². The number of morpholine rings is 1. The highest BCUT2D eigenvalue weighted by atomic mass is 16.5. The number of nitrogens with one attached hydrogen (secondary N) is 1. The van der Waals surface area contributed by atoms with E-state index in [1.807, 2.05) is 19.9 Å². The van der Waals surface area contributed by atoms with Crippen LogP contribution in [-0.2, 0) is 4.74 Å². The Morgan fingerprint density at radius 3 is 2.79 bits per heavy atom. The summed E-state index contributed by atoms with van der Waals surface area (Å²) in [5.74, 6) is 0.601. The Kier molecular flexibility index (Phi) is 5.22. The van der Waals surface area contributed by atoms with Crippen molar-refractivity contribution in [3.63, 3.8) is 0 Å². The molecule has 3 heterocycles. The summed E-state index contributed by atoms with van der Waals surface area (Å²) in [5, 5.41) is 6.90. The van der Waals surface area contributed by atoms with Gasteiger partial charge in [-0.1, -0.05) is 5.16 Å². The Labute approximate surface area is 141 Å². The number of rotatable bonds is 5. The van der Waals surface area contributed by atoms with Gasteiger partial charge in [-0.3, -0.25) is 14.7 Å². The molecule has 1 saturated heterocycles. The molecule has 0 aliphatic carbocycles. The van der Waals surface area contributed by atoms with Gasteiger partial charge in [0.05, 0.1) is 24.5 Å². The lowest BCUT2D eigenvalue weighted by molar-refractivity contribution is 0.0383. The molecule has 24 heavy (non-hydrogen) atoms. The average molecular weight is 330 g/mol. The van der Waals surface area contributed by atoms with Crippen LogP contribution in [0, 0.1) is 13.8 Å². The fourth-order valence-corrected chi connectivity index (χ4v) is 2.85. The molecule has 2 aromatic heterocycles. The van der Waals surface area contributed by atoms with Crippen molar-refractivity contribution in [3.05, 3.63) is 35.5 Å². The second kappa shape index (κ2) is 7.55. The summed E-state index contributed by atoms with van der Waals surface area (Å²) in [7, 11) is 0. The van der Waals surface area contributed by atoms with Crippen LogP contribution in [0.4, 0.5) is 0 Å². The number of aryl methyl sites for hydroxylation is 2. The molecule has 1 fully saturated rings. The Hall–Kier alpha value is -2.25. The first-order chi connectivity index (χ1) is 11.6. The zero-order valence-electron chi connectivity index (χ0n) is 14.0. The molecule has 1 aliphatic rings. The molecule has 0 radical (unpaired) electrons. The van der Waals surface area contributed by atoms with Crippen LogP contribution in [0.1, 0.15) is 21.8 Å². The van der Waals surface area contributed by atoms with E-state index in [0.29, 0.717) is 12.1 Å². The summed E-state index contributed by atoms with van der Waals surface area (Å²) in [4.78, 5) is 18.8. The molecule has 7 nitrogen and oxygen atoms in total. The van der Waals surface area contributed by atoms with Gasteiger partial charge in [0.15, 0.2) is 0 Å². The van der Waals surface area contributed by atoms with E-state index in [4.69, 9.17) is 9.26 Å². The molecule has 0 unspecified atom stereocenters. The standard InChI is InChI=1S/C17H22N4O3/c1-12-16(13(2)24-20-12)14-9-15(11-18-10-14)17(22)19-3-4-21-5-7-23-8-6-21/h9-11H,3-8H2,1-2H3,(H,19,22). The molecular formula is C17H22N4O3.